The Balaban J connectivity index is 0.000000297. The maximum Gasteiger partial charge on any atom is 0.460 e. The first-order valence-corrected chi connectivity index (χ1v) is 14.2. The smallest absolute Gasteiger partial charge is 0.460 e. The molecule has 0 N–H and O–H groups in total. The third-order valence-corrected chi connectivity index (χ3v) is 9.60. The van der Waals surface area contributed by atoms with Crippen LogP contribution in [-0.2, 0) is 21.0 Å². The van der Waals surface area contributed by atoms with Crippen LogP contribution in [0.2, 0.25) is 0 Å². The quantitative estimate of drug-likeness (QED) is 0.136. The molecule has 0 saturated carbocycles. The van der Waals surface area contributed by atoms with Gasteiger partial charge in [-0.05, 0) is 42.1 Å². The van der Waals surface area contributed by atoms with Crippen LogP contribution in [0.1, 0.15) is 5.56 Å². The van der Waals surface area contributed by atoms with Crippen molar-refractivity contribution >= 4 is 32.3 Å². The molecule has 0 radical (unpaired) electrons. The van der Waals surface area contributed by atoms with E-state index in [1.54, 1.807) is 0 Å². The number of benzene rings is 2. The summed E-state index contributed by atoms with van der Waals surface area (Å²) in [6.45, 7) is 2.16. The van der Waals surface area contributed by atoms with Gasteiger partial charge in [0, 0.05) is 6.07 Å². The van der Waals surface area contributed by atoms with Gasteiger partial charge in [-0.2, -0.15) is 57.1 Å². The fourth-order valence-corrected chi connectivity index (χ4v) is 6.98. The molecule has 0 aliphatic rings. The van der Waals surface area contributed by atoms with Gasteiger partial charge in [-0.25, -0.2) is 8.42 Å². The lowest BCUT2D eigenvalue weighted by Gasteiger charge is -2.39. The second kappa shape index (κ2) is 11.9. The molecule has 0 bridgehead atoms. The summed E-state index contributed by atoms with van der Waals surface area (Å²) in [5.41, 5.74) is 1.35. The van der Waals surface area contributed by atoms with Crippen LogP contribution in [0.4, 0.5) is 57.1 Å². The first-order chi connectivity index (χ1) is 18.8. The average molecular weight is 683 g/mol. The molecule has 0 amide bonds. The normalized spacial score (nSPS) is 14.0. The van der Waals surface area contributed by atoms with Gasteiger partial charge in [0.2, 0.25) is 4.21 Å². The number of hydrogen-bond donors (Lipinski definition) is 0. The number of hydrogen-bond acceptors (Lipinski definition) is 4. The maximum absolute atomic E-state index is 12.7. The minimum absolute atomic E-state index is 0.0247. The minimum Gasteiger partial charge on any atom is -0.743 e. The predicted molar refractivity (Wildman–Crippen MR) is 125 cm³/mol. The Morgan fingerprint density at radius 1 is 0.643 bits per heavy atom. The Kier molecular flexibility index (Phi) is 10.1. The number of alkyl halides is 13. The number of rotatable bonds is 8. The van der Waals surface area contributed by atoms with E-state index in [0.29, 0.717) is 0 Å². The molecule has 19 heteroatoms. The second-order valence-electron chi connectivity index (χ2n) is 8.14. The largest absolute Gasteiger partial charge is 0.743 e. The van der Waals surface area contributed by atoms with Gasteiger partial charge in [0.25, 0.3) is 0 Å². The van der Waals surface area contributed by atoms with Crippen molar-refractivity contribution in [3.63, 3.8) is 0 Å². The van der Waals surface area contributed by atoms with Crippen LogP contribution >= 0.6 is 11.3 Å². The predicted octanol–water partition coefficient (Wildman–Crippen LogP) is 8.38. The second-order valence-corrected chi connectivity index (χ2v) is 12.7. The van der Waals surface area contributed by atoms with Crippen LogP contribution in [0.15, 0.2) is 86.1 Å². The highest BCUT2D eigenvalue weighted by Crippen LogP contribution is 2.60. The van der Waals surface area contributed by atoms with Gasteiger partial charge in [-0.1, -0.05) is 47.7 Å². The molecule has 0 saturated heterocycles. The Morgan fingerprint density at radius 2 is 1.02 bits per heavy atom. The van der Waals surface area contributed by atoms with Crippen molar-refractivity contribution in [1.29, 1.82) is 0 Å². The molecule has 3 rings (SSSR count). The molecule has 0 aliphatic carbocycles. The van der Waals surface area contributed by atoms with Crippen LogP contribution in [0.25, 0.3) is 0 Å². The van der Waals surface area contributed by atoms with Crippen LogP contribution in [0.3, 0.4) is 0 Å². The highest BCUT2D eigenvalue weighted by atomic mass is 32.2. The zero-order chi connectivity index (χ0) is 32.6. The van der Waals surface area contributed by atoms with E-state index < -0.39 is 45.2 Å². The summed E-state index contributed by atoms with van der Waals surface area (Å²) < 4.78 is 191. The van der Waals surface area contributed by atoms with Crippen molar-refractivity contribution in [1.82, 2.24) is 0 Å². The molecule has 0 fully saturated rings. The summed E-state index contributed by atoms with van der Waals surface area (Å²) in [5, 5.41) is -5.39. The molecule has 0 aliphatic heterocycles. The van der Waals surface area contributed by atoms with E-state index in [1.165, 1.54) is 19.6 Å². The van der Waals surface area contributed by atoms with E-state index in [0.717, 1.165) is 0 Å². The summed E-state index contributed by atoms with van der Waals surface area (Å²) in [6, 6.07) is 23.9. The Hall–Kier alpha value is -2.51. The lowest BCUT2D eigenvalue weighted by Crippen LogP contribution is -2.71. The standard InChI is InChI=1S/C17H15S2.C6HF13O3S/c1-14-12-17(18-13-14)19(15-8-4-2-5-9-15)16-10-6-3-7-11-16;7-1(8,3(11,12)5(15,16)17)2(9,10)4(13,14)6(18,19)23(20,21)22/h2-13H,1H3;(H,20,21,22)/q+1;/p-1. The van der Waals surface area contributed by atoms with Crippen molar-refractivity contribution in [2.45, 2.75) is 56.0 Å². The summed E-state index contributed by atoms with van der Waals surface area (Å²) in [4.78, 5) is 2.77. The van der Waals surface area contributed by atoms with E-state index in [1.807, 2.05) is 11.3 Å². The van der Waals surface area contributed by atoms with Gasteiger partial charge < -0.3 is 4.55 Å². The highest BCUT2D eigenvalue weighted by Gasteiger charge is 2.91. The molecule has 234 valence electrons. The lowest BCUT2D eigenvalue weighted by atomic mass is 9.98. The molecular formula is C23H15F13O3S3. The topological polar surface area (TPSA) is 57.2 Å². The molecule has 1 aromatic heterocycles. The molecule has 2 aromatic carbocycles. The first kappa shape index (κ1) is 35.7. The van der Waals surface area contributed by atoms with Crippen LogP contribution in [0, 0.1) is 6.92 Å². The molecule has 1 heterocycles. The van der Waals surface area contributed by atoms with E-state index in [2.05, 4.69) is 79.0 Å². The zero-order valence-electron chi connectivity index (χ0n) is 20.3. The summed E-state index contributed by atoms with van der Waals surface area (Å²) in [5.74, 6) is -32.6. The Morgan fingerprint density at radius 3 is 1.33 bits per heavy atom. The van der Waals surface area contributed by atoms with Crippen molar-refractivity contribution in [3.05, 3.63) is 77.7 Å². The van der Waals surface area contributed by atoms with Crippen LogP contribution < -0.4 is 0 Å². The average Bonchev–Trinajstić information content (AvgIpc) is 3.29. The maximum atomic E-state index is 12.7. The van der Waals surface area contributed by atoms with Gasteiger partial charge in [0.1, 0.15) is 10.9 Å². The van der Waals surface area contributed by atoms with E-state index in [9.17, 15) is 70.0 Å². The monoisotopic (exact) mass is 682 g/mol. The van der Waals surface area contributed by atoms with E-state index in [4.69, 9.17) is 0 Å². The number of halogens is 13. The summed E-state index contributed by atoms with van der Waals surface area (Å²) in [6.07, 6.45) is -7.61. The van der Waals surface area contributed by atoms with Gasteiger partial charge in [0.05, 0.1) is 0 Å². The fraction of sp³-hybridized carbons (Fsp3) is 0.304. The fourth-order valence-electron chi connectivity index (χ4n) is 2.91. The Bertz CT molecular complexity index is 1400. The molecule has 3 aromatic rings. The zero-order valence-corrected chi connectivity index (χ0v) is 22.7. The third kappa shape index (κ3) is 6.37. The minimum atomic E-state index is -8.29. The lowest BCUT2D eigenvalue weighted by molar-refractivity contribution is -0.433. The SMILES string of the molecule is Cc1csc([S+](c2ccccc2)c2ccccc2)c1.O=S(=O)([O-])C(F)(F)C(F)(F)C(F)(F)C(F)(F)C(F)(F)C(F)(F)F. The van der Waals surface area contributed by atoms with Crippen LogP contribution in [0.5, 0.6) is 0 Å². The van der Waals surface area contributed by atoms with Gasteiger partial charge in [-0.3, -0.25) is 0 Å². The van der Waals surface area contributed by atoms with Crippen molar-refractivity contribution in [2.75, 3.05) is 0 Å². The Labute approximate surface area is 236 Å². The number of thiophene rings is 1. The molecule has 3 nitrogen and oxygen atoms in total. The van der Waals surface area contributed by atoms with Crippen LogP contribution in [-0.4, -0.2) is 48.1 Å². The molecule has 0 spiro atoms. The summed E-state index contributed by atoms with van der Waals surface area (Å²) in [7, 11) is -7.83. The molecule has 0 atom stereocenters. The van der Waals surface area contributed by atoms with Crippen molar-refractivity contribution < 1.29 is 70.0 Å². The third-order valence-electron chi connectivity index (χ3n) is 5.08. The first-order valence-electron chi connectivity index (χ1n) is 10.7. The van der Waals surface area contributed by atoms with Gasteiger partial charge in [0.15, 0.2) is 19.9 Å². The summed E-state index contributed by atoms with van der Waals surface area (Å²) >= 11 is 1.86. The van der Waals surface area contributed by atoms with Gasteiger partial charge >= 0.3 is 35.1 Å². The molecule has 0 unspecified atom stereocenters. The molecular weight excluding hydrogens is 667 g/mol. The van der Waals surface area contributed by atoms with Crippen molar-refractivity contribution in [2.24, 2.45) is 0 Å². The van der Waals surface area contributed by atoms with Gasteiger partial charge in [-0.15, -0.1) is 0 Å². The highest BCUT2D eigenvalue weighted by molar-refractivity contribution is 7.98. The van der Waals surface area contributed by atoms with E-state index in [-0.39, 0.29) is 10.9 Å². The van der Waals surface area contributed by atoms with Crippen molar-refractivity contribution in [3.8, 4) is 0 Å². The number of aryl methyl sites for hydroxylation is 1. The van der Waals surface area contributed by atoms with E-state index >= 15 is 0 Å². The molecule has 42 heavy (non-hydrogen) atoms.